The predicted molar refractivity (Wildman–Crippen MR) is 79.5 cm³/mol. The number of carbonyl (C=O) groups is 2. The topological polar surface area (TPSA) is 78.9 Å². The lowest BCUT2D eigenvalue weighted by molar-refractivity contribution is -0.126. The lowest BCUT2D eigenvalue weighted by Gasteiger charge is -2.26. The van der Waals surface area contributed by atoms with Crippen molar-refractivity contribution in [2.45, 2.75) is 18.9 Å². The third-order valence-electron chi connectivity index (χ3n) is 4.00. The largest absolute Gasteiger partial charge is 0.503 e. The van der Waals surface area contributed by atoms with Crippen LogP contribution in [0, 0.1) is 0 Å². The fourth-order valence-corrected chi connectivity index (χ4v) is 2.71. The zero-order chi connectivity index (χ0) is 15.7. The van der Waals surface area contributed by atoms with Crippen molar-refractivity contribution in [3.8, 4) is 5.75 Å². The molecule has 0 spiro atoms. The number of nitrogens with one attached hydrogen (secondary N) is 1. The molecule has 116 valence electrons. The normalized spacial score (nSPS) is 20.7. The summed E-state index contributed by atoms with van der Waals surface area (Å²) in [5, 5.41) is 12.4. The van der Waals surface area contributed by atoms with Gasteiger partial charge in [-0.2, -0.15) is 0 Å². The fraction of sp³-hybridized carbons (Fsp3) is 0.375. The molecule has 1 aromatic rings. The van der Waals surface area contributed by atoms with Gasteiger partial charge in [-0.15, -0.1) is 0 Å². The molecule has 1 aromatic carbocycles. The minimum atomic E-state index is -0.520. The molecule has 0 fully saturated rings. The van der Waals surface area contributed by atoms with Gasteiger partial charge >= 0.3 is 0 Å². The number of hydrogen-bond acceptors (Lipinski definition) is 4. The number of benzene rings is 1. The number of likely N-dealkylation sites (N-methyl/N-ethyl adjacent to an activating group) is 1. The molecule has 22 heavy (non-hydrogen) atoms. The summed E-state index contributed by atoms with van der Waals surface area (Å²) in [6.07, 6.45) is 1.63. The first kappa shape index (κ1) is 14.4. The molecule has 0 aliphatic carbocycles. The van der Waals surface area contributed by atoms with E-state index in [1.807, 2.05) is 24.3 Å². The molecule has 3 rings (SSSR count). The molecule has 0 saturated heterocycles. The molecule has 2 aliphatic rings. The third-order valence-corrected chi connectivity index (χ3v) is 4.00. The van der Waals surface area contributed by atoms with Gasteiger partial charge in [0.25, 0.3) is 11.8 Å². The molecular formula is C16H18N2O4. The predicted octanol–water partition coefficient (Wildman–Crippen LogP) is 0.780. The molecule has 2 heterocycles. The van der Waals surface area contributed by atoms with Crippen LogP contribution in [-0.4, -0.2) is 48.1 Å². The summed E-state index contributed by atoms with van der Waals surface area (Å²) in [5.74, 6) is -0.550. The van der Waals surface area contributed by atoms with Crippen LogP contribution in [0.1, 0.15) is 12.0 Å². The van der Waals surface area contributed by atoms with E-state index in [1.165, 1.54) is 10.5 Å². The summed E-state index contributed by atoms with van der Waals surface area (Å²) in [5.41, 5.74) is 1.29. The van der Waals surface area contributed by atoms with Crippen molar-refractivity contribution < 1.29 is 19.4 Å². The number of fused-ring (bicyclic) bond motifs is 1. The first-order chi connectivity index (χ1) is 10.6. The van der Waals surface area contributed by atoms with Crippen molar-refractivity contribution in [2.75, 3.05) is 20.1 Å². The molecule has 2 N–H and O–H groups in total. The maximum Gasteiger partial charge on any atom is 0.289 e. The monoisotopic (exact) mass is 302 g/mol. The van der Waals surface area contributed by atoms with Gasteiger partial charge in [0.2, 0.25) is 0 Å². The highest BCUT2D eigenvalue weighted by molar-refractivity contribution is 6.06. The van der Waals surface area contributed by atoms with Crippen LogP contribution in [-0.2, 0) is 16.0 Å². The van der Waals surface area contributed by atoms with Crippen LogP contribution < -0.4 is 10.1 Å². The Morgan fingerprint density at radius 2 is 2.23 bits per heavy atom. The Morgan fingerprint density at radius 1 is 1.45 bits per heavy atom. The van der Waals surface area contributed by atoms with Crippen molar-refractivity contribution in [1.82, 2.24) is 10.2 Å². The van der Waals surface area contributed by atoms with Crippen molar-refractivity contribution in [3.05, 3.63) is 41.2 Å². The SMILES string of the molecule is CN1CC(C(=O)NC[C@H]2CCc3ccccc3O2)=C(O)C1=O. The zero-order valence-corrected chi connectivity index (χ0v) is 12.3. The molecule has 6 nitrogen and oxygen atoms in total. The summed E-state index contributed by atoms with van der Waals surface area (Å²) in [6, 6.07) is 7.85. The minimum Gasteiger partial charge on any atom is -0.503 e. The molecule has 0 saturated carbocycles. The molecular weight excluding hydrogens is 284 g/mol. The van der Waals surface area contributed by atoms with Gasteiger partial charge in [-0.25, -0.2) is 0 Å². The van der Waals surface area contributed by atoms with Gasteiger partial charge in [0.15, 0.2) is 5.76 Å². The van der Waals surface area contributed by atoms with Crippen molar-refractivity contribution in [1.29, 1.82) is 0 Å². The quantitative estimate of drug-likeness (QED) is 0.865. The lowest BCUT2D eigenvalue weighted by Crippen LogP contribution is -2.38. The third kappa shape index (κ3) is 2.64. The highest BCUT2D eigenvalue weighted by Crippen LogP contribution is 2.26. The smallest absolute Gasteiger partial charge is 0.289 e. The van der Waals surface area contributed by atoms with Crippen LogP contribution in [0.4, 0.5) is 0 Å². The van der Waals surface area contributed by atoms with Crippen LogP contribution in [0.15, 0.2) is 35.6 Å². The number of hydrogen-bond donors (Lipinski definition) is 2. The van der Waals surface area contributed by atoms with Crippen LogP contribution >= 0.6 is 0 Å². The maximum absolute atomic E-state index is 12.1. The number of aliphatic hydroxyl groups is 1. The maximum atomic E-state index is 12.1. The van der Waals surface area contributed by atoms with Crippen LogP contribution in [0.25, 0.3) is 0 Å². The molecule has 6 heteroatoms. The van der Waals surface area contributed by atoms with Crippen LogP contribution in [0.5, 0.6) is 5.75 Å². The first-order valence-electron chi connectivity index (χ1n) is 7.26. The van der Waals surface area contributed by atoms with Crippen molar-refractivity contribution >= 4 is 11.8 Å². The van der Waals surface area contributed by atoms with E-state index in [1.54, 1.807) is 7.05 Å². The van der Waals surface area contributed by atoms with Gasteiger partial charge in [-0.3, -0.25) is 9.59 Å². The number of ether oxygens (including phenoxy) is 1. The second-order valence-electron chi connectivity index (χ2n) is 5.58. The van der Waals surface area contributed by atoms with E-state index < -0.39 is 17.6 Å². The number of nitrogens with zero attached hydrogens (tertiary/aromatic N) is 1. The number of carbonyl (C=O) groups excluding carboxylic acids is 2. The van der Waals surface area contributed by atoms with E-state index in [9.17, 15) is 14.7 Å². The summed E-state index contributed by atoms with van der Waals surface area (Å²) < 4.78 is 5.84. The van der Waals surface area contributed by atoms with Gasteiger partial charge in [0, 0.05) is 7.05 Å². The molecule has 0 radical (unpaired) electrons. The molecule has 0 unspecified atom stereocenters. The van der Waals surface area contributed by atoms with Crippen molar-refractivity contribution in [3.63, 3.8) is 0 Å². The number of rotatable bonds is 3. The second-order valence-corrected chi connectivity index (χ2v) is 5.58. The van der Waals surface area contributed by atoms with E-state index >= 15 is 0 Å². The number of para-hydroxylation sites is 1. The average Bonchev–Trinajstić information content (AvgIpc) is 2.80. The average molecular weight is 302 g/mol. The molecule has 2 amide bonds. The fourth-order valence-electron chi connectivity index (χ4n) is 2.71. The Bertz CT molecular complexity index is 653. The number of aryl methyl sites for hydroxylation is 1. The van der Waals surface area contributed by atoms with Gasteiger partial charge in [-0.05, 0) is 24.5 Å². The van der Waals surface area contributed by atoms with Gasteiger partial charge < -0.3 is 20.1 Å². The minimum absolute atomic E-state index is 0.101. The Hall–Kier alpha value is -2.50. The van der Waals surface area contributed by atoms with Gasteiger partial charge in [0.05, 0.1) is 18.7 Å². The van der Waals surface area contributed by atoms with E-state index in [0.29, 0.717) is 6.54 Å². The van der Waals surface area contributed by atoms with Crippen molar-refractivity contribution in [2.24, 2.45) is 0 Å². The van der Waals surface area contributed by atoms with Crippen LogP contribution in [0.2, 0.25) is 0 Å². The standard InChI is InChI=1S/C16H18N2O4/c1-18-9-12(14(19)16(18)21)15(20)17-8-11-7-6-10-4-2-3-5-13(10)22-11/h2-5,11,19H,6-9H2,1H3,(H,17,20)/t11-/m1/s1. The Labute approximate surface area is 128 Å². The van der Waals surface area contributed by atoms with E-state index in [4.69, 9.17) is 4.74 Å². The molecule has 0 bridgehead atoms. The molecule has 2 aliphatic heterocycles. The number of aliphatic hydroxyl groups excluding tert-OH is 1. The first-order valence-corrected chi connectivity index (χ1v) is 7.26. The lowest BCUT2D eigenvalue weighted by atomic mass is 10.0. The zero-order valence-electron chi connectivity index (χ0n) is 12.3. The summed E-state index contributed by atoms with van der Waals surface area (Å²) >= 11 is 0. The van der Waals surface area contributed by atoms with Crippen LogP contribution in [0.3, 0.4) is 0 Å². The second kappa shape index (κ2) is 5.71. The van der Waals surface area contributed by atoms with E-state index in [-0.39, 0.29) is 18.2 Å². The molecule has 1 atom stereocenters. The van der Waals surface area contributed by atoms with E-state index in [2.05, 4.69) is 5.32 Å². The highest BCUT2D eigenvalue weighted by Gasteiger charge is 2.32. The van der Waals surface area contributed by atoms with E-state index in [0.717, 1.165) is 18.6 Å². The summed E-state index contributed by atoms with van der Waals surface area (Å²) in [6.45, 7) is 0.479. The van der Waals surface area contributed by atoms with Gasteiger partial charge in [-0.1, -0.05) is 18.2 Å². The summed E-state index contributed by atoms with van der Waals surface area (Å²) in [7, 11) is 1.54. The molecule has 0 aromatic heterocycles. The number of amides is 2. The Kier molecular flexibility index (Phi) is 3.75. The Balaban J connectivity index is 1.58. The van der Waals surface area contributed by atoms with Gasteiger partial charge in [0.1, 0.15) is 11.9 Å². The highest BCUT2D eigenvalue weighted by atomic mass is 16.5. The summed E-state index contributed by atoms with van der Waals surface area (Å²) in [4.78, 5) is 24.9. The Morgan fingerprint density at radius 3 is 2.95 bits per heavy atom.